The Labute approximate surface area is 147 Å². The number of aromatic nitrogens is 2. The van der Waals surface area contributed by atoms with Crippen LogP contribution in [-0.2, 0) is 13.6 Å². The second-order valence-corrected chi connectivity index (χ2v) is 6.60. The summed E-state index contributed by atoms with van der Waals surface area (Å²) in [5.74, 6) is -1.71. The molecule has 1 saturated heterocycles. The number of benzene rings is 1. The van der Waals surface area contributed by atoms with E-state index in [9.17, 15) is 13.6 Å². The van der Waals surface area contributed by atoms with Crippen molar-refractivity contribution in [2.75, 3.05) is 26.2 Å². The van der Waals surface area contributed by atoms with Gasteiger partial charge in [-0.3, -0.25) is 14.4 Å². The lowest BCUT2D eigenvalue weighted by Gasteiger charge is -2.34. The van der Waals surface area contributed by atoms with Gasteiger partial charge in [-0.25, -0.2) is 8.78 Å². The third-order valence-electron chi connectivity index (χ3n) is 4.18. The minimum atomic E-state index is -0.831. The largest absolute Gasteiger partial charge is 0.335 e. The number of hydrogen-bond donors (Lipinski definition) is 0. The molecule has 3 rings (SSSR count). The van der Waals surface area contributed by atoms with Gasteiger partial charge in [-0.2, -0.15) is 5.10 Å². The molecule has 0 bridgehead atoms. The van der Waals surface area contributed by atoms with Gasteiger partial charge in [-0.1, -0.05) is 12.1 Å². The fraction of sp³-hybridized carbons (Fsp3) is 0.375. The molecule has 5 nitrogen and oxygen atoms in total. The predicted molar refractivity (Wildman–Crippen MR) is 88.4 cm³/mol. The van der Waals surface area contributed by atoms with E-state index in [1.54, 1.807) is 28.9 Å². The number of amides is 1. The molecule has 0 atom stereocenters. The zero-order chi connectivity index (χ0) is 17.3. The number of halogens is 3. The average Bonchev–Trinajstić information content (AvgIpc) is 2.91. The molecule has 1 aliphatic rings. The molecule has 8 heteroatoms. The topological polar surface area (TPSA) is 41.4 Å². The van der Waals surface area contributed by atoms with Crippen molar-refractivity contribution in [2.45, 2.75) is 6.54 Å². The second-order valence-electron chi connectivity index (χ2n) is 5.75. The van der Waals surface area contributed by atoms with Crippen molar-refractivity contribution in [3.05, 3.63) is 51.8 Å². The summed E-state index contributed by atoms with van der Waals surface area (Å²) in [5.41, 5.74) is 0.851. The van der Waals surface area contributed by atoms with E-state index in [-0.39, 0.29) is 5.91 Å². The van der Waals surface area contributed by atoms with E-state index in [0.717, 1.165) is 6.07 Å². The van der Waals surface area contributed by atoms with E-state index in [4.69, 9.17) is 0 Å². The number of hydrogen-bond acceptors (Lipinski definition) is 3. The van der Waals surface area contributed by atoms with Crippen molar-refractivity contribution in [1.29, 1.82) is 0 Å². The van der Waals surface area contributed by atoms with Gasteiger partial charge >= 0.3 is 0 Å². The van der Waals surface area contributed by atoms with Crippen LogP contribution in [0.1, 0.15) is 16.1 Å². The van der Waals surface area contributed by atoms with Crippen molar-refractivity contribution in [2.24, 2.45) is 7.05 Å². The zero-order valence-electron chi connectivity index (χ0n) is 13.2. The molecule has 1 aliphatic heterocycles. The third kappa shape index (κ3) is 3.34. The van der Waals surface area contributed by atoms with Crippen LogP contribution in [-0.4, -0.2) is 51.7 Å². The molecule has 1 aromatic heterocycles. The van der Waals surface area contributed by atoms with Crippen LogP contribution in [0.5, 0.6) is 0 Å². The monoisotopic (exact) mass is 398 g/mol. The third-order valence-corrected chi connectivity index (χ3v) is 4.76. The molecule has 1 aromatic carbocycles. The van der Waals surface area contributed by atoms with E-state index < -0.39 is 11.6 Å². The van der Waals surface area contributed by atoms with Crippen LogP contribution >= 0.6 is 15.9 Å². The number of carbonyl (C=O) groups excluding carboxylic acids is 1. The summed E-state index contributed by atoms with van der Waals surface area (Å²) >= 11 is 3.34. The van der Waals surface area contributed by atoms with E-state index in [2.05, 4.69) is 21.0 Å². The second kappa shape index (κ2) is 6.98. The van der Waals surface area contributed by atoms with Gasteiger partial charge in [0.05, 0.1) is 10.7 Å². The molecule has 1 amide bonds. The van der Waals surface area contributed by atoms with Gasteiger partial charge in [0, 0.05) is 45.3 Å². The fourth-order valence-corrected chi connectivity index (χ4v) is 3.34. The maximum atomic E-state index is 13.8. The molecular formula is C16H17BrF2N4O. The molecule has 0 N–H and O–H groups in total. The number of aryl methyl sites for hydroxylation is 1. The van der Waals surface area contributed by atoms with E-state index in [1.807, 2.05) is 4.90 Å². The Bertz CT molecular complexity index is 737. The summed E-state index contributed by atoms with van der Waals surface area (Å²) in [6.07, 6.45) is 1.59. The molecule has 0 saturated carbocycles. The Morgan fingerprint density at radius 1 is 1.25 bits per heavy atom. The first-order chi connectivity index (χ1) is 11.5. The van der Waals surface area contributed by atoms with E-state index >= 15 is 0 Å². The highest BCUT2D eigenvalue weighted by Crippen LogP contribution is 2.19. The highest BCUT2D eigenvalue weighted by Gasteiger charge is 2.26. The lowest BCUT2D eigenvalue weighted by Crippen LogP contribution is -2.48. The molecule has 1 fully saturated rings. The predicted octanol–water partition coefficient (Wildman–Crippen LogP) is 2.42. The van der Waals surface area contributed by atoms with Gasteiger partial charge < -0.3 is 4.90 Å². The Balaban J connectivity index is 1.62. The first kappa shape index (κ1) is 17.0. The lowest BCUT2D eigenvalue weighted by atomic mass is 10.1. The van der Waals surface area contributed by atoms with Crippen molar-refractivity contribution in [1.82, 2.24) is 19.6 Å². The number of piperazine rings is 1. The molecule has 0 spiro atoms. The fourth-order valence-electron chi connectivity index (χ4n) is 2.82. The highest BCUT2D eigenvalue weighted by molar-refractivity contribution is 9.10. The van der Waals surface area contributed by atoms with Gasteiger partial charge in [-0.15, -0.1) is 0 Å². The molecule has 2 aromatic rings. The summed E-state index contributed by atoms with van der Waals surface area (Å²) in [4.78, 5) is 16.3. The first-order valence-electron chi connectivity index (χ1n) is 7.59. The van der Waals surface area contributed by atoms with Crippen LogP contribution in [0.2, 0.25) is 0 Å². The Hall–Kier alpha value is -1.80. The molecule has 0 radical (unpaired) electrons. The summed E-state index contributed by atoms with van der Waals surface area (Å²) in [7, 11) is 1.72. The minimum Gasteiger partial charge on any atom is -0.335 e. The molecule has 0 aliphatic carbocycles. The van der Waals surface area contributed by atoms with Crippen molar-refractivity contribution < 1.29 is 13.6 Å². The van der Waals surface area contributed by atoms with Crippen molar-refractivity contribution in [3.8, 4) is 0 Å². The summed E-state index contributed by atoms with van der Waals surface area (Å²) in [5, 5.41) is 4.06. The maximum Gasteiger partial charge on any atom is 0.273 e. The first-order valence-corrected chi connectivity index (χ1v) is 8.38. The lowest BCUT2D eigenvalue weighted by molar-refractivity contribution is 0.0615. The van der Waals surface area contributed by atoms with Crippen LogP contribution in [0, 0.1) is 11.6 Å². The summed E-state index contributed by atoms with van der Waals surface area (Å²) in [6.45, 7) is 2.62. The quantitative estimate of drug-likeness (QED) is 0.796. The maximum absolute atomic E-state index is 13.8. The van der Waals surface area contributed by atoms with Crippen LogP contribution in [0.3, 0.4) is 0 Å². The van der Waals surface area contributed by atoms with Crippen molar-refractivity contribution >= 4 is 21.8 Å². The number of nitrogens with zero attached hydrogens (tertiary/aromatic N) is 4. The molecular weight excluding hydrogens is 382 g/mol. The molecule has 24 heavy (non-hydrogen) atoms. The summed E-state index contributed by atoms with van der Waals surface area (Å²) in [6, 6.07) is 4.21. The van der Waals surface area contributed by atoms with Gasteiger partial charge in [0.1, 0.15) is 5.69 Å². The standard InChI is InChI=1S/C16H17BrF2N4O/c1-21-15(12(17)9-20-21)16(24)23-7-5-22(6-8-23)10-11-3-2-4-13(18)14(11)19/h2-4,9H,5-8,10H2,1H3. The summed E-state index contributed by atoms with van der Waals surface area (Å²) < 4.78 is 29.2. The van der Waals surface area contributed by atoms with Gasteiger partial charge in [0.2, 0.25) is 0 Å². The van der Waals surface area contributed by atoms with Gasteiger partial charge in [-0.05, 0) is 22.0 Å². The Kier molecular flexibility index (Phi) is 4.96. The van der Waals surface area contributed by atoms with Crippen LogP contribution < -0.4 is 0 Å². The van der Waals surface area contributed by atoms with Crippen LogP contribution in [0.4, 0.5) is 8.78 Å². The van der Waals surface area contributed by atoms with Crippen LogP contribution in [0.25, 0.3) is 0 Å². The van der Waals surface area contributed by atoms with Gasteiger partial charge in [0.15, 0.2) is 11.6 Å². The molecule has 2 heterocycles. The zero-order valence-corrected chi connectivity index (χ0v) is 14.8. The van der Waals surface area contributed by atoms with Crippen molar-refractivity contribution in [3.63, 3.8) is 0 Å². The number of rotatable bonds is 3. The Morgan fingerprint density at radius 2 is 1.96 bits per heavy atom. The molecule has 0 unspecified atom stereocenters. The smallest absolute Gasteiger partial charge is 0.273 e. The van der Waals surface area contributed by atoms with Gasteiger partial charge in [0.25, 0.3) is 5.91 Å². The Morgan fingerprint density at radius 3 is 2.58 bits per heavy atom. The number of carbonyl (C=O) groups is 1. The minimum absolute atomic E-state index is 0.0848. The highest BCUT2D eigenvalue weighted by atomic mass is 79.9. The van der Waals surface area contributed by atoms with E-state index in [1.165, 1.54) is 6.07 Å². The normalized spacial score (nSPS) is 15.8. The average molecular weight is 399 g/mol. The van der Waals surface area contributed by atoms with E-state index in [0.29, 0.717) is 48.5 Å². The van der Waals surface area contributed by atoms with Crippen LogP contribution in [0.15, 0.2) is 28.9 Å². The molecule has 128 valence electrons. The SMILES string of the molecule is Cn1ncc(Br)c1C(=O)N1CCN(Cc2cccc(F)c2F)CC1.